The van der Waals surface area contributed by atoms with Gasteiger partial charge in [-0.3, -0.25) is 0 Å². The fourth-order valence-corrected chi connectivity index (χ4v) is 3.70. The molecule has 0 spiro atoms. The molecule has 0 saturated carbocycles. The summed E-state index contributed by atoms with van der Waals surface area (Å²) in [7, 11) is 2.16. The number of anilines is 1. The van der Waals surface area contributed by atoms with Crippen molar-refractivity contribution in [3.8, 4) is 0 Å². The summed E-state index contributed by atoms with van der Waals surface area (Å²) in [5.74, 6) is 0.857. The van der Waals surface area contributed by atoms with Crippen molar-refractivity contribution in [1.29, 1.82) is 0 Å². The van der Waals surface area contributed by atoms with E-state index >= 15 is 0 Å². The molecule has 5 heteroatoms. The van der Waals surface area contributed by atoms with Gasteiger partial charge in [0.25, 0.3) is 0 Å². The number of rotatable bonds is 5. The van der Waals surface area contributed by atoms with Crippen molar-refractivity contribution in [3.05, 3.63) is 52.8 Å². The zero-order chi connectivity index (χ0) is 17.1. The summed E-state index contributed by atoms with van der Waals surface area (Å²) in [4.78, 5) is 13.7. The second kappa shape index (κ2) is 7.50. The first-order valence-corrected chi connectivity index (χ1v) is 9.34. The Balaban J connectivity index is 1.28. The minimum atomic E-state index is 0.806. The van der Waals surface area contributed by atoms with Gasteiger partial charge < -0.3 is 15.1 Å². The zero-order valence-corrected chi connectivity index (χ0v) is 15.0. The number of piperazine rings is 1. The Morgan fingerprint density at radius 1 is 0.920 bits per heavy atom. The third-order valence-electron chi connectivity index (χ3n) is 5.30. The third-order valence-corrected chi connectivity index (χ3v) is 5.30. The Bertz CT molecular complexity index is 705. The van der Waals surface area contributed by atoms with E-state index in [0.717, 1.165) is 50.8 Å². The summed E-state index contributed by atoms with van der Waals surface area (Å²) in [6.07, 6.45) is 7.71. The fourth-order valence-electron chi connectivity index (χ4n) is 3.70. The van der Waals surface area contributed by atoms with E-state index < -0.39 is 0 Å². The number of hydrogen-bond acceptors (Lipinski definition) is 5. The van der Waals surface area contributed by atoms with E-state index in [0.29, 0.717) is 0 Å². The maximum absolute atomic E-state index is 4.56. The molecular weight excluding hydrogens is 310 g/mol. The van der Waals surface area contributed by atoms with Crippen LogP contribution in [0.25, 0.3) is 0 Å². The van der Waals surface area contributed by atoms with E-state index in [2.05, 4.69) is 50.3 Å². The number of fused-ring (bicyclic) bond motifs is 1. The molecule has 132 valence electrons. The van der Waals surface area contributed by atoms with Gasteiger partial charge in [0.1, 0.15) is 0 Å². The molecule has 0 radical (unpaired) electrons. The number of likely N-dealkylation sites (N-methyl/N-ethyl adjacent to an activating group) is 1. The SMILES string of the molecule is CN1CCN(c2ncc(CNCc3ccc4c(c3)CCC4)cn2)CC1. The van der Waals surface area contributed by atoms with Crippen molar-refractivity contribution in [2.45, 2.75) is 32.4 Å². The lowest BCUT2D eigenvalue weighted by atomic mass is 10.1. The van der Waals surface area contributed by atoms with E-state index in [-0.39, 0.29) is 0 Å². The number of nitrogens with zero attached hydrogens (tertiary/aromatic N) is 4. The topological polar surface area (TPSA) is 44.3 Å². The monoisotopic (exact) mass is 337 g/mol. The van der Waals surface area contributed by atoms with E-state index in [1.165, 1.54) is 30.4 Å². The standard InChI is InChI=1S/C20H27N5/c1-24-7-9-25(10-8-24)20-22-14-17(15-23-20)13-21-12-16-5-6-18-3-2-4-19(18)11-16/h5-6,11,14-15,21H,2-4,7-10,12-13H2,1H3. The van der Waals surface area contributed by atoms with Crippen LogP contribution in [0, 0.1) is 0 Å². The molecule has 1 aliphatic carbocycles. The molecule has 1 aromatic heterocycles. The lowest BCUT2D eigenvalue weighted by Gasteiger charge is -2.32. The molecule has 1 aliphatic heterocycles. The molecule has 2 aromatic rings. The predicted molar refractivity (Wildman–Crippen MR) is 101 cm³/mol. The number of hydrogen-bond donors (Lipinski definition) is 1. The molecule has 2 heterocycles. The van der Waals surface area contributed by atoms with E-state index in [4.69, 9.17) is 0 Å². The van der Waals surface area contributed by atoms with Crippen molar-refractivity contribution >= 4 is 5.95 Å². The summed E-state index contributed by atoms with van der Waals surface area (Å²) < 4.78 is 0. The first-order valence-electron chi connectivity index (χ1n) is 9.34. The Morgan fingerprint density at radius 3 is 2.44 bits per heavy atom. The van der Waals surface area contributed by atoms with Gasteiger partial charge in [0.2, 0.25) is 5.95 Å². The minimum absolute atomic E-state index is 0.806. The van der Waals surface area contributed by atoms with E-state index in [1.54, 1.807) is 5.56 Å². The molecule has 25 heavy (non-hydrogen) atoms. The Morgan fingerprint density at radius 2 is 1.64 bits per heavy atom. The van der Waals surface area contributed by atoms with Gasteiger partial charge in [-0.15, -0.1) is 0 Å². The van der Waals surface area contributed by atoms with Gasteiger partial charge in [0.05, 0.1) is 0 Å². The highest BCUT2D eigenvalue weighted by atomic mass is 15.3. The van der Waals surface area contributed by atoms with Crippen molar-refractivity contribution in [3.63, 3.8) is 0 Å². The van der Waals surface area contributed by atoms with Gasteiger partial charge in [0, 0.05) is 57.2 Å². The summed E-state index contributed by atoms with van der Waals surface area (Å²) >= 11 is 0. The normalized spacial score (nSPS) is 17.7. The zero-order valence-electron chi connectivity index (χ0n) is 15.0. The van der Waals surface area contributed by atoms with Gasteiger partial charge in [-0.1, -0.05) is 18.2 Å². The molecule has 0 unspecified atom stereocenters. The quantitative estimate of drug-likeness (QED) is 0.904. The van der Waals surface area contributed by atoms with E-state index in [9.17, 15) is 0 Å². The first-order chi connectivity index (χ1) is 12.3. The van der Waals surface area contributed by atoms with Crippen LogP contribution in [-0.4, -0.2) is 48.1 Å². The second-order valence-electron chi connectivity index (χ2n) is 7.24. The van der Waals surface area contributed by atoms with Crippen molar-refractivity contribution in [1.82, 2.24) is 20.2 Å². The fraction of sp³-hybridized carbons (Fsp3) is 0.500. The number of benzene rings is 1. The number of aryl methyl sites for hydroxylation is 2. The van der Waals surface area contributed by atoms with Crippen LogP contribution in [0.15, 0.2) is 30.6 Å². The Kier molecular flexibility index (Phi) is 4.95. The molecule has 1 aromatic carbocycles. The summed E-state index contributed by atoms with van der Waals surface area (Å²) in [5.41, 5.74) is 5.59. The van der Waals surface area contributed by atoms with Crippen LogP contribution in [0.3, 0.4) is 0 Å². The average Bonchev–Trinajstić information content (AvgIpc) is 3.11. The summed E-state index contributed by atoms with van der Waals surface area (Å²) in [6, 6.07) is 6.92. The second-order valence-corrected chi connectivity index (χ2v) is 7.24. The smallest absolute Gasteiger partial charge is 0.225 e. The maximum atomic E-state index is 4.56. The Labute approximate surface area is 150 Å². The van der Waals surface area contributed by atoms with Crippen LogP contribution in [0.1, 0.15) is 28.7 Å². The highest BCUT2D eigenvalue weighted by molar-refractivity contribution is 5.35. The molecule has 1 N–H and O–H groups in total. The molecule has 1 saturated heterocycles. The first kappa shape index (κ1) is 16.5. The minimum Gasteiger partial charge on any atom is -0.338 e. The molecule has 0 bridgehead atoms. The summed E-state index contributed by atoms with van der Waals surface area (Å²) in [6.45, 7) is 5.87. The molecular formula is C20H27N5. The number of aromatic nitrogens is 2. The van der Waals surface area contributed by atoms with Crippen molar-refractivity contribution < 1.29 is 0 Å². The molecule has 2 aliphatic rings. The summed E-state index contributed by atoms with van der Waals surface area (Å²) in [5, 5.41) is 3.51. The van der Waals surface area contributed by atoms with Gasteiger partial charge in [-0.05, 0) is 43.0 Å². The molecule has 1 fully saturated rings. The molecule has 4 rings (SSSR count). The highest BCUT2D eigenvalue weighted by Crippen LogP contribution is 2.22. The lowest BCUT2D eigenvalue weighted by Crippen LogP contribution is -2.45. The van der Waals surface area contributed by atoms with Crippen LogP contribution in [0.4, 0.5) is 5.95 Å². The molecule has 0 atom stereocenters. The van der Waals surface area contributed by atoms with Crippen LogP contribution in [0.5, 0.6) is 0 Å². The van der Waals surface area contributed by atoms with Crippen LogP contribution in [-0.2, 0) is 25.9 Å². The Hall–Kier alpha value is -1.98. The predicted octanol–water partition coefficient (Wildman–Crippen LogP) is 2.01. The van der Waals surface area contributed by atoms with Gasteiger partial charge in [0.15, 0.2) is 0 Å². The van der Waals surface area contributed by atoms with Crippen molar-refractivity contribution in [2.24, 2.45) is 0 Å². The van der Waals surface area contributed by atoms with Crippen LogP contribution < -0.4 is 10.2 Å². The molecule has 5 nitrogen and oxygen atoms in total. The maximum Gasteiger partial charge on any atom is 0.225 e. The van der Waals surface area contributed by atoms with Crippen LogP contribution in [0.2, 0.25) is 0 Å². The van der Waals surface area contributed by atoms with Gasteiger partial charge >= 0.3 is 0 Å². The molecule has 0 amide bonds. The van der Waals surface area contributed by atoms with Gasteiger partial charge in [-0.2, -0.15) is 0 Å². The highest BCUT2D eigenvalue weighted by Gasteiger charge is 2.16. The largest absolute Gasteiger partial charge is 0.338 e. The van der Waals surface area contributed by atoms with Crippen molar-refractivity contribution in [2.75, 3.05) is 38.1 Å². The van der Waals surface area contributed by atoms with Gasteiger partial charge in [-0.25, -0.2) is 9.97 Å². The number of nitrogens with one attached hydrogen (secondary N) is 1. The average molecular weight is 337 g/mol. The van der Waals surface area contributed by atoms with Crippen LogP contribution >= 0.6 is 0 Å². The third kappa shape index (κ3) is 3.99. The lowest BCUT2D eigenvalue weighted by molar-refractivity contribution is 0.311. The van der Waals surface area contributed by atoms with E-state index in [1.807, 2.05) is 12.4 Å².